The highest BCUT2D eigenvalue weighted by atomic mass is 32.2. The third kappa shape index (κ3) is 5.26. The predicted molar refractivity (Wildman–Crippen MR) is 126 cm³/mol. The molecule has 0 saturated heterocycles. The summed E-state index contributed by atoms with van der Waals surface area (Å²) in [6.07, 6.45) is 0.196. The van der Waals surface area contributed by atoms with Crippen molar-refractivity contribution in [2.24, 2.45) is 0 Å². The number of carbonyl (C=O) groups excluding carboxylic acids is 1. The quantitative estimate of drug-likeness (QED) is 0.626. The lowest BCUT2D eigenvalue weighted by atomic mass is 10.1. The zero-order valence-corrected chi connectivity index (χ0v) is 19.2. The summed E-state index contributed by atoms with van der Waals surface area (Å²) < 4.78 is 33.3. The molecule has 1 N–H and O–H groups in total. The molecule has 2 aromatic carbocycles. The van der Waals surface area contributed by atoms with E-state index >= 15 is 0 Å². The molecule has 0 atom stereocenters. The molecule has 1 aromatic heterocycles. The molecular formula is C24H27N3O4S. The number of anilines is 2. The van der Waals surface area contributed by atoms with Crippen LogP contribution < -0.4 is 14.4 Å². The summed E-state index contributed by atoms with van der Waals surface area (Å²) >= 11 is 0. The number of aryl methyl sites for hydroxylation is 1. The van der Waals surface area contributed by atoms with Gasteiger partial charge in [0.15, 0.2) is 11.6 Å². The summed E-state index contributed by atoms with van der Waals surface area (Å²) in [4.78, 5) is 16.9. The van der Waals surface area contributed by atoms with Crippen molar-refractivity contribution in [3.05, 3.63) is 77.9 Å². The largest absolute Gasteiger partial charge is 0.488 e. The van der Waals surface area contributed by atoms with Crippen LogP contribution in [0.2, 0.25) is 0 Å². The molecule has 7 nitrogen and oxygen atoms in total. The third-order valence-corrected chi connectivity index (χ3v) is 6.47. The molecule has 0 saturated carbocycles. The number of nitrogens with zero attached hydrogens (tertiary/aromatic N) is 2. The summed E-state index contributed by atoms with van der Waals surface area (Å²) in [6.45, 7) is 6.20. The fourth-order valence-corrected chi connectivity index (χ4v) is 4.76. The average molecular weight is 454 g/mol. The van der Waals surface area contributed by atoms with Crippen LogP contribution in [0.5, 0.6) is 5.75 Å². The maximum atomic E-state index is 13.2. The zero-order chi connectivity index (χ0) is 23.1. The highest BCUT2D eigenvalue weighted by Gasteiger charge is 2.31. The number of rotatable bonds is 5. The molecule has 1 amide bonds. The van der Waals surface area contributed by atoms with Crippen molar-refractivity contribution in [1.82, 2.24) is 4.98 Å². The van der Waals surface area contributed by atoms with Crippen LogP contribution >= 0.6 is 0 Å². The number of pyridine rings is 1. The Morgan fingerprint density at radius 1 is 1.06 bits per heavy atom. The van der Waals surface area contributed by atoms with Crippen LogP contribution in [0.15, 0.2) is 71.6 Å². The van der Waals surface area contributed by atoms with Gasteiger partial charge in [-0.1, -0.05) is 56.3 Å². The molecule has 0 unspecified atom stereocenters. The van der Waals surface area contributed by atoms with E-state index in [0.29, 0.717) is 5.75 Å². The van der Waals surface area contributed by atoms with E-state index in [1.54, 1.807) is 30.3 Å². The lowest BCUT2D eigenvalue weighted by molar-refractivity contribution is -0.115. The fraction of sp³-hybridized carbons (Fsp3) is 0.250. The van der Waals surface area contributed by atoms with Crippen LogP contribution in [0.4, 0.5) is 11.6 Å². The topological polar surface area (TPSA) is 88.6 Å². The maximum Gasteiger partial charge on any atom is 0.265 e. The van der Waals surface area contributed by atoms with Gasteiger partial charge in [-0.05, 0) is 42.3 Å². The van der Waals surface area contributed by atoms with Gasteiger partial charge in [-0.2, -0.15) is 0 Å². The van der Waals surface area contributed by atoms with Crippen molar-refractivity contribution >= 4 is 27.6 Å². The lowest BCUT2D eigenvalue weighted by Crippen LogP contribution is -2.38. The predicted octanol–water partition coefficient (Wildman–Crippen LogP) is 4.19. The van der Waals surface area contributed by atoms with Gasteiger partial charge in [0, 0.05) is 0 Å². The molecule has 2 heterocycles. The minimum Gasteiger partial charge on any atom is -0.488 e. The first-order chi connectivity index (χ1) is 15.4. The molecule has 0 spiro atoms. The Kier molecular flexibility index (Phi) is 7.48. The Bertz CT molecular complexity index is 1180. The second-order valence-electron chi connectivity index (χ2n) is 6.97. The number of fused-ring (bicyclic) bond motifs is 1. The summed E-state index contributed by atoms with van der Waals surface area (Å²) in [5.41, 5.74) is 1.72. The van der Waals surface area contributed by atoms with E-state index in [2.05, 4.69) is 10.3 Å². The summed E-state index contributed by atoms with van der Waals surface area (Å²) in [6, 6.07) is 19.3. The number of ether oxygens (including phenoxy) is 1. The van der Waals surface area contributed by atoms with E-state index in [1.165, 1.54) is 4.31 Å². The molecular weight excluding hydrogens is 426 g/mol. The number of hydrogen-bond acceptors (Lipinski definition) is 5. The Labute approximate surface area is 189 Å². The van der Waals surface area contributed by atoms with Gasteiger partial charge in [0.25, 0.3) is 10.0 Å². The van der Waals surface area contributed by atoms with E-state index in [9.17, 15) is 13.2 Å². The summed E-state index contributed by atoms with van der Waals surface area (Å²) in [5, 5.41) is 2.73. The van der Waals surface area contributed by atoms with Crippen molar-refractivity contribution in [2.45, 2.75) is 32.1 Å². The molecule has 0 aliphatic carbocycles. The van der Waals surface area contributed by atoms with Crippen molar-refractivity contribution in [3.63, 3.8) is 0 Å². The van der Waals surface area contributed by atoms with Gasteiger partial charge in [-0.25, -0.2) is 17.7 Å². The van der Waals surface area contributed by atoms with E-state index in [-0.39, 0.29) is 42.0 Å². The van der Waals surface area contributed by atoms with E-state index in [1.807, 2.05) is 57.2 Å². The van der Waals surface area contributed by atoms with E-state index in [0.717, 1.165) is 11.1 Å². The first kappa shape index (κ1) is 23.3. The Hall–Kier alpha value is -3.39. The zero-order valence-electron chi connectivity index (χ0n) is 18.4. The van der Waals surface area contributed by atoms with Crippen LogP contribution in [-0.4, -0.2) is 32.5 Å². The number of hydrogen-bond donors (Lipinski definition) is 1. The van der Waals surface area contributed by atoms with Crippen molar-refractivity contribution < 1.29 is 17.9 Å². The van der Waals surface area contributed by atoms with E-state index in [4.69, 9.17) is 4.74 Å². The second kappa shape index (κ2) is 10.3. The molecule has 8 heteroatoms. The Morgan fingerprint density at radius 3 is 2.53 bits per heavy atom. The van der Waals surface area contributed by atoms with Gasteiger partial charge in [-0.3, -0.25) is 4.79 Å². The second-order valence-corrected chi connectivity index (χ2v) is 8.83. The van der Waals surface area contributed by atoms with Crippen LogP contribution in [0.3, 0.4) is 0 Å². The van der Waals surface area contributed by atoms with Crippen molar-refractivity contribution in [3.8, 4) is 5.75 Å². The first-order valence-electron chi connectivity index (χ1n) is 10.5. The molecule has 32 heavy (non-hydrogen) atoms. The highest BCUT2D eigenvalue weighted by molar-refractivity contribution is 7.92. The van der Waals surface area contributed by atoms with Gasteiger partial charge in [0.2, 0.25) is 5.91 Å². The number of benzene rings is 2. The number of amides is 1. The fourth-order valence-electron chi connectivity index (χ4n) is 3.25. The number of nitrogens with one attached hydrogen (secondary N) is 1. The molecule has 4 rings (SSSR count). The SMILES string of the molecule is CC.Cc1cccc(S(=O)(=O)N2CCOc3ccc(NC(=O)Cc4ccccc4)nc32)c1. The molecule has 0 bridgehead atoms. The summed E-state index contributed by atoms with van der Waals surface area (Å²) in [7, 11) is -3.81. The normalized spacial score (nSPS) is 12.7. The van der Waals surface area contributed by atoms with Gasteiger partial charge >= 0.3 is 0 Å². The van der Waals surface area contributed by atoms with Crippen molar-refractivity contribution in [1.29, 1.82) is 0 Å². The molecule has 168 valence electrons. The molecule has 1 aliphatic heterocycles. The first-order valence-corrected chi connectivity index (χ1v) is 11.9. The molecule has 0 fully saturated rings. The van der Waals surface area contributed by atoms with Crippen molar-refractivity contribution in [2.75, 3.05) is 22.8 Å². The minimum atomic E-state index is -3.81. The minimum absolute atomic E-state index is 0.137. The Balaban J connectivity index is 0.00000141. The van der Waals surface area contributed by atoms with Gasteiger partial charge < -0.3 is 10.1 Å². The summed E-state index contributed by atoms with van der Waals surface area (Å²) in [5.74, 6) is 0.557. The number of aromatic nitrogens is 1. The Morgan fingerprint density at radius 2 is 1.81 bits per heavy atom. The number of sulfonamides is 1. The number of carbonyl (C=O) groups is 1. The smallest absolute Gasteiger partial charge is 0.265 e. The maximum absolute atomic E-state index is 13.2. The lowest BCUT2D eigenvalue weighted by Gasteiger charge is -2.29. The van der Waals surface area contributed by atoms with Crippen LogP contribution in [0.25, 0.3) is 0 Å². The standard InChI is InChI=1S/C22H21N3O4S.C2H6/c1-16-6-5-9-18(14-16)30(27,28)25-12-13-29-19-10-11-20(24-22(19)25)23-21(26)15-17-7-3-2-4-8-17;1-2/h2-11,14H,12-13,15H2,1H3,(H,23,24,26);1-2H3. The third-order valence-electron chi connectivity index (χ3n) is 4.68. The highest BCUT2D eigenvalue weighted by Crippen LogP contribution is 2.34. The van der Waals surface area contributed by atoms with Gasteiger partial charge in [0.05, 0.1) is 17.9 Å². The van der Waals surface area contributed by atoms with Crippen LogP contribution in [0, 0.1) is 6.92 Å². The van der Waals surface area contributed by atoms with Crippen LogP contribution in [0.1, 0.15) is 25.0 Å². The monoisotopic (exact) mass is 453 g/mol. The molecule has 0 radical (unpaired) electrons. The average Bonchev–Trinajstić information content (AvgIpc) is 2.80. The van der Waals surface area contributed by atoms with Crippen LogP contribution in [-0.2, 0) is 21.2 Å². The van der Waals surface area contributed by atoms with Gasteiger partial charge in [-0.15, -0.1) is 0 Å². The van der Waals surface area contributed by atoms with Gasteiger partial charge in [0.1, 0.15) is 12.4 Å². The molecule has 3 aromatic rings. The molecule has 1 aliphatic rings. The van der Waals surface area contributed by atoms with E-state index < -0.39 is 10.0 Å².